The number of rotatable bonds is 9. The highest BCUT2D eigenvalue weighted by Gasteiger charge is 2.28. The van der Waals surface area contributed by atoms with Gasteiger partial charge in [-0.25, -0.2) is 4.98 Å². The molecule has 0 amide bonds. The van der Waals surface area contributed by atoms with Crippen LogP contribution in [0, 0.1) is 12.3 Å². The van der Waals surface area contributed by atoms with Crippen molar-refractivity contribution in [3.8, 4) is 0 Å². The van der Waals surface area contributed by atoms with E-state index in [1.54, 1.807) is 11.3 Å². The topological polar surface area (TPSA) is 24.9 Å². The summed E-state index contributed by atoms with van der Waals surface area (Å²) < 4.78 is 0. The second kappa shape index (κ2) is 8.01. The molecule has 1 unspecified atom stereocenters. The fourth-order valence-electron chi connectivity index (χ4n) is 2.51. The van der Waals surface area contributed by atoms with Crippen LogP contribution in [0.3, 0.4) is 0 Å². The molecule has 1 heterocycles. The summed E-state index contributed by atoms with van der Waals surface area (Å²) in [6.07, 6.45) is 6.24. The van der Waals surface area contributed by atoms with Crippen molar-refractivity contribution in [2.24, 2.45) is 5.41 Å². The molecular formula is C16H30N2S. The fraction of sp³-hybridized carbons (Fsp3) is 0.812. The molecule has 0 saturated heterocycles. The van der Waals surface area contributed by atoms with Crippen molar-refractivity contribution in [3.05, 3.63) is 16.1 Å². The van der Waals surface area contributed by atoms with Crippen molar-refractivity contribution in [1.82, 2.24) is 10.3 Å². The van der Waals surface area contributed by atoms with Crippen molar-refractivity contribution in [2.45, 2.75) is 72.8 Å². The lowest BCUT2D eigenvalue weighted by Gasteiger charge is -2.33. The summed E-state index contributed by atoms with van der Waals surface area (Å²) >= 11 is 1.77. The van der Waals surface area contributed by atoms with Crippen LogP contribution in [0.25, 0.3) is 0 Å². The number of hydrogen-bond donors (Lipinski definition) is 1. The van der Waals surface area contributed by atoms with E-state index in [1.165, 1.54) is 36.4 Å². The number of hydrogen-bond acceptors (Lipinski definition) is 3. The van der Waals surface area contributed by atoms with E-state index >= 15 is 0 Å². The molecule has 0 saturated carbocycles. The second-order valence-corrected chi connectivity index (χ2v) is 7.09. The van der Waals surface area contributed by atoms with Gasteiger partial charge in [0.1, 0.15) is 0 Å². The van der Waals surface area contributed by atoms with Gasteiger partial charge in [-0.3, -0.25) is 0 Å². The fourth-order valence-corrected chi connectivity index (χ4v) is 3.12. The van der Waals surface area contributed by atoms with E-state index in [1.807, 2.05) is 0 Å². The smallest absolute Gasteiger partial charge is 0.0897 e. The Balaban J connectivity index is 2.75. The average Bonchev–Trinajstić information content (AvgIpc) is 2.78. The summed E-state index contributed by atoms with van der Waals surface area (Å²) in [4.78, 5) is 4.67. The Bertz CT molecular complexity index is 359. The van der Waals surface area contributed by atoms with Crippen molar-refractivity contribution in [2.75, 3.05) is 6.54 Å². The maximum Gasteiger partial charge on any atom is 0.0897 e. The van der Waals surface area contributed by atoms with Crippen LogP contribution >= 0.6 is 11.3 Å². The van der Waals surface area contributed by atoms with E-state index in [-0.39, 0.29) is 0 Å². The number of aryl methyl sites for hydroxylation is 1. The minimum Gasteiger partial charge on any atom is -0.314 e. The Labute approximate surface area is 123 Å². The number of nitrogens with one attached hydrogen (secondary N) is 1. The van der Waals surface area contributed by atoms with Gasteiger partial charge in [0.2, 0.25) is 0 Å². The molecule has 0 bridgehead atoms. The summed E-state index contributed by atoms with van der Waals surface area (Å²) in [5, 5.41) is 7.07. The van der Waals surface area contributed by atoms with Gasteiger partial charge >= 0.3 is 0 Å². The van der Waals surface area contributed by atoms with Crippen LogP contribution in [0.15, 0.2) is 5.38 Å². The molecule has 0 aliphatic carbocycles. The second-order valence-electron chi connectivity index (χ2n) is 6.03. The van der Waals surface area contributed by atoms with E-state index in [4.69, 9.17) is 0 Å². The lowest BCUT2D eigenvalue weighted by molar-refractivity contribution is 0.221. The lowest BCUT2D eigenvalue weighted by atomic mass is 9.76. The average molecular weight is 282 g/mol. The molecule has 3 heteroatoms. The molecule has 1 aromatic rings. The van der Waals surface area contributed by atoms with Crippen LogP contribution in [0.2, 0.25) is 0 Å². The van der Waals surface area contributed by atoms with Crippen molar-refractivity contribution in [3.63, 3.8) is 0 Å². The minimum atomic E-state index is 0.376. The van der Waals surface area contributed by atoms with Crippen LogP contribution in [0.1, 0.15) is 64.1 Å². The van der Waals surface area contributed by atoms with Crippen LogP contribution in [-0.4, -0.2) is 17.6 Å². The summed E-state index contributed by atoms with van der Waals surface area (Å²) in [5.74, 6) is 0. The van der Waals surface area contributed by atoms with E-state index in [0.29, 0.717) is 11.5 Å². The van der Waals surface area contributed by atoms with Gasteiger partial charge in [-0.05, 0) is 31.6 Å². The van der Waals surface area contributed by atoms with Gasteiger partial charge in [0.15, 0.2) is 0 Å². The molecule has 1 atom stereocenters. The molecule has 0 aromatic carbocycles. The molecule has 1 N–H and O–H groups in total. The largest absolute Gasteiger partial charge is 0.314 e. The highest BCUT2D eigenvalue weighted by molar-refractivity contribution is 7.09. The third kappa shape index (κ3) is 5.62. The molecule has 2 nitrogen and oxygen atoms in total. The predicted octanol–water partition coefficient (Wildman–Crippen LogP) is 4.58. The van der Waals surface area contributed by atoms with Gasteiger partial charge < -0.3 is 5.32 Å². The third-order valence-electron chi connectivity index (χ3n) is 3.92. The predicted molar refractivity (Wildman–Crippen MR) is 85.9 cm³/mol. The maximum absolute atomic E-state index is 4.67. The van der Waals surface area contributed by atoms with Crippen LogP contribution in [0.4, 0.5) is 0 Å². The lowest BCUT2D eigenvalue weighted by Crippen LogP contribution is -2.39. The van der Waals surface area contributed by atoms with E-state index < -0.39 is 0 Å². The number of nitrogens with zero attached hydrogens (tertiary/aromatic N) is 1. The molecule has 0 aliphatic rings. The van der Waals surface area contributed by atoms with Crippen LogP contribution < -0.4 is 5.32 Å². The first kappa shape index (κ1) is 16.6. The van der Waals surface area contributed by atoms with Crippen molar-refractivity contribution < 1.29 is 0 Å². The first-order valence-corrected chi connectivity index (χ1v) is 8.53. The molecule has 0 spiro atoms. The first-order valence-electron chi connectivity index (χ1n) is 7.65. The van der Waals surface area contributed by atoms with Crippen molar-refractivity contribution in [1.29, 1.82) is 0 Å². The monoisotopic (exact) mass is 282 g/mol. The Morgan fingerprint density at radius 3 is 2.58 bits per heavy atom. The Hall–Kier alpha value is -0.410. The Morgan fingerprint density at radius 2 is 2.11 bits per heavy atom. The van der Waals surface area contributed by atoms with Crippen LogP contribution in [0.5, 0.6) is 0 Å². The highest BCUT2D eigenvalue weighted by Crippen LogP contribution is 2.33. The van der Waals surface area contributed by atoms with Gasteiger partial charge in [-0.15, -0.1) is 11.3 Å². The van der Waals surface area contributed by atoms with Crippen LogP contribution in [-0.2, 0) is 6.42 Å². The van der Waals surface area contributed by atoms with E-state index in [9.17, 15) is 0 Å². The molecule has 0 aliphatic heterocycles. The Morgan fingerprint density at radius 1 is 1.37 bits per heavy atom. The van der Waals surface area contributed by atoms with Gasteiger partial charge in [0, 0.05) is 18.0 Å². The SMILES string of the molecule is CCCCC(CC)(CNC(C)C)Cc1csc(C)n1. The zero-order chi connectivity index (χ0) is 14.3. The quantitative estimate of drug-likeness (QED) is 0.717. The number of aromatic nitrogens is 1. The van der Waals surface area contributed by atoms with Gasteiger partial charge in [0.05, 0.1) is 10.7 Å². The number of thiazole rings is 1. The maximum atomic E-state index is 4.67. The van der Waals surface area contributed by atoms with Gasteiger partial charge in [-0.1, -0.05) is 40.5 Å². The summed E-state index contributed by atoms with van der Waals surface area (Å²) in [6.45, 7) is 12.3. The number of unbranched alkanes of at least 4 members (excludes halogenated alkanes) is 1. The highest BCUT2D eigenvalue weighted by atomic mass is 32.1. The molecule has 110 valence electrons. The standard InChI is InChI=1S/C16H30N2S/c1-6-8-9-16(7-2,12-17-13(3)4)10-15-11-19-14(5)18-15/h11,13,17H,6-10,12H2,1-5H3. The zero-order valence-electron chi connectivity index (χ0n) is 13.3. The third-order valence-corrected chi connectivity index (χ3v) is 4.74. The summed E-state index contributed by atoms with van der Waals surface area (Å²) in [7, 11) is 0. The van der Waals surface area contributed by atoms with E-state index in [2.05, 4.69) is 50.3 Å². The minimum absolute atomic E-state index is 0.376. The van der Waals surface area contributed by atoms with Gasteiger partial charge in [0.25, 0.3) is 0 Å². The molecule has 0 radical (unpaired) electrons. The summed E-state index contributed by atoms with van der Waals surface area (Å²) in [5.41, 5.74) is 1.66. The molecule has 1 rings (SSSR count). The summed E-state index contributed by atoms with van der Waals surface area (Å²) in [6, 6.07) is 0.560. The molecule has 19 heavy (non-hydrogen) atoms. The molecule has 1 aromatic heterocycles. The van der Waals surface area contributed by atoms with Gasteiger partial charge in [-0.2, -0.15) is 0 Å². The zero-order valence-corrected chi connectivity index (χ0v) is 14.1. The normalized spacial score (nSPS) is 14.8. The molecular weight excluding hydrogens is 252 g/mol. The first-order chi connectivity index (χ1) is 9.01. The molecule has 0 fully saturated rings. The van der Waals surface area contributed by atoms with Crippen molar-refractivity contribution >= 4 is 11.3 Å². The van der Waals surface area contributed by atoms with E-state index in [0.717, 1.165) is 13.0 Å². The Kier molecular flexibility index (Phi) is 7.01.